The lowest BCUT2D eigenvalue weighted by Crippen LogP contribution is -2.06. The number of hydrogen-bond acceptors (Lipinski definition) is 5. The molecule has 0 bridgehead atoms. The van der Waals surface area contributed by atoms with Gasteiger partial charge in [0.25, 0.3) is 0 Å². The zero-order chi connectivity index (χ0) is 11.5. The molecule has 0 radical (unpaired) electrons. The van der Waals surface area contributed by atoms with Gasteiger partial charge in [0.05, 0.1) is 19.2 Å². The van der Waals surface area contributed by atoms with Crippen molar-refractivity contribution < 1.29 is 9.53 Å². The van der Waals surface area contributed by atoms with Crippen LogP contribution in [0, 0.1) is 5.92 Å². The summed E-state index contributed by atoms with van der Waals surface area (Å²) < 4.78 is 4.60. The molecule has 4 nitrogen and oxygen atoms in total. The number of anilines is 1. The quantitative estimate of drug-likeness (QED) is 0.800. The third kappa shape index (κ3) is 2.72. The highest BCUT2D eigenvalue weighted by Crippen LogP contribution is 2.36. The number of nitrogens with zero attached hydrogens (tertiary/aromatic N) is 1. The van der Waals surface area contributed by atoms with Crippen LogP contribution in [0.3, 0.4) is 0 Å². The number of nitrogens with one attached hydrogen (secondary N) is 1. The molecule has 1 aromatic heterocycles. The first-order valence-electron chi connectivity index (χ1n) is 5.50. The highest BCUT2D eigenvalue weighted by molar-refractivity contribution is 7.13. The number of methoxy groups -OCH3 is 1. The summed E-state index contributed by atoms with van der Waals surface area (Å²) in [6.07, 6.45) is 2.72. The van der Waals surface area contributed by atoms with Crippen molar-refractivity contribution in [2.24, 2.45) is 5.92 Å². The smallest absolute Gasteiger partial charge is 0.311 e. The monoisotopic (exact) mass is 240 g/mol. The molecule has 2 unspecified atom stereocenters. The number of ether oxygens (including phenoxy) is 1. The molecular weight excluding hydrogens is 224 g/mol. The predicted octanol–water partition coefficient (Wildman–Crippen LogP) is 2.07. The Bertz CT molecular complexity index is 378. The first kappa shape index (κ1) is 11.4. The number of thiazole rings is 1. The average Bonchev–Trinajstić information content (AvgIpc) is 2.89. The van der Waals surface area contributed by atoms with E-state index in [0.29, 0.717) is 6.04 Å². The summed E-state index contributed by atoms with van der Waals surface area (Å²) in [7, 11) is 1.39. The van der Waals surface area contributed by atoms with Crippen molar-refractivity contribution in [2.45, 2.75) is 32.2 Å². The Morgan fingerprint density at radius 3 is 3.19 bits per heavy atom. The number of rotatable bonds is 5. The van der Waals surface area contributed by atoms with Gasteiger partial charge in [0, 0.05) is 11.4 Å². The Balaban J connectivity index is 1.85. The molecule has 1 N–H and O–H groups in total. The van der Waals surface area contributed by atoms with Crippen molar-refractivity contribution >= 4 is 22.4 Å². The number of esters is 1. The van der Waals surface area contributed by atoms with Crippen molar-refractivity contribution in [2.75, 3.05) is 12.4 Å². The minimum absolute atomic E-state index is 0.241. The molecule has 0 saturated heterocycles. The summed E-state index contributed by atoms with van der Waals surface area (Å²) in [5.41, 5.74) is 0.785. The van der Waals surface area contributed by atoms with Gasteiger partial charge < -0.3 is 10.1 Å². The van der Waals surface area contributed by atoms with Crippen LogP contribution in [0.4, 0.5) is 5.13 Å². The maximum absolute atomic E-state index is 11.0. The van der Waals surface area contributed by atoms with E-state index in [-0.39, 0.29) is 12.4 Å². The van der Waals surface area contributed by atoms with E-state index in [0.717, 1.165) is 16.7 Å². The second-order valence-corrected chi connectivity index (χ2v) is 4.91. The van der Waals surface area contributed by atoms with Crippen LogP contribution >= 0.6 is 11.3 Å². The third-order valence-electron chi connectivity index (χ3n) is 2.86. The molecule has 16 heavy (non-hydrogen) atoms. The van der Waals surface area contributed by atoms with Gasteiger partial charge in [0.2, 0.25) is 0 Å². The minimum atomic E-state index is -0.241. The Labute approximate surface area is 99.0 Å². The van der Waals surface area contributed by atoms with Crippen LogP contribution in [0.5, 0.6) is 0 Å². The van der Waals surface area contributed by atoms with Crippen molar-refractivity contribution in [1.82, 2.24) is 4.98 Å². The standard InChI is InChI=1S/C11H16N2O2S/c1-3-7-4-9(7)13-11-12-8(6-16-11)5-10(14)15-2/h6-7,9H,3-5H2,1-2H3,(H,12,13). The number of hydrogen-bond donors (Lipinski definition) is 1. The van der Waals surface area contributed by atoms with E-state index in [9.17, 15) is 4.79 Å². The molecule has 1 heterocycles. The van der Waals surface area contributed by atoms with Gasteiger partial charge in [-0.15, -0.1) is 11.3 Å². The molecular formula is C11H16N2O2S. The highest BCUT2D eigenvalue weighted by atomic mass is 32.1. The molecule has 1 saturated carbocycles. The second kappa shape index (κ2) is 4.82. The summed E-state index contributed by atoms with van der Waals surface area (Å²) >= 11 is 1.55. The van der Waals surface area contributed by atoms with Crippen LogP contribution in [0.15, 0.2) is 5.38 Å². The van der Waals surface area contributed by atoms with Gasteiger partial charge in [-0.3, -0.25) is 4.79 Å². The zero-order valence-corrected chi connectivity index (χ0v) is 10.3. The molecule has 1 aliphatic carbocycles. The second-order valence-electron chi connectivity index (χ2n) is 4.05. The number of carbonyl (C=O) groups excluding carboxylic acids is 1. The number of aromatic nitrogens is 1. The largest absolute Gasteiger partial charge is 0.469 e. The highest BCUT2D eigenvalue weighted by Gasteiger charge is 2.35. The van der Waals surface area contributed by atoms with E-state index >= 15 is 0 Å². The summed E-state index contributed by atoms with van der Waals surface area (Å²) in [6, 6.07) is 0.585. The summed E-state index contributed by atoms with van der Waals surface area (Å²) in [5, 5.41) is 6.21. The fourth-order valence-electron chi connectivity index (χ4n) is 1.71. The van der Waals surface area contributed by atoms with Crippen LogP contribution < -0.4 is 5.32 Å². The molecule has 0 aromatic carbocycles. The van der Waals surface area contributed by atoms with Crippen LogP contribution in [-0.2, 0) is 16.0 Å². The third-order valence-corrected chi connectivity index (χ3v) is 3.68. The van der Waals surface area contributed by atoms with Gasteiger partial charge in [-0.1, -0.05) is 13.3 Å². The topological polar surface area (TPSA) is 51.2 Å². The molecule has 0 aliphatic heterocycles. The number of carbonyl (C=O) groups is 1. The van der Waals surface area contributed by atoms with Gasteiger partial charge in [-0.05, 0) is 12.3 Å². The first-order valence-corrected chi connectivity index (χ1v) is 6.38. The zero-order valence-electron chi connectivity index (χ0n) is 9.53. The van der Waals surface area contributed by atoms with E-state index in [1.54, 1.807) is 11.3 Å². The molecule has 2 rings (SSSR count). The SMILES string of the molecule is CCC1CC1Nc1nc(CC(=O)OC)cs1. The molecule has 88 valence electrons. The average molecular weight is 240 g/mol. The van der Waals surface area contributed by atoms with Gasteiger partial charge in [-0.25, -0.2) is 4.98 Å². The normalized spacial score (nSPS) is 22.9. The first-order chi connectivity index (χ1) is 7.72. The van der Waals surface area contributed by atoms with Crippen molar-refractivity contribution in [3.8, 4) is 0 Å². The van der Waals surface area contributed by atoms with E-state index in [2.05, 4.69) is 22.0 Å². The van der Waals surface area contributed by atoms with Crippen molar-refractivity contribution in [3.05, 3.63) is 11.1 Å². The molecule has 5 heteroatoms. The maximum Gasteiger partial charge on any atom is 0.311 e. The lowest BCUT2D eigenvalue weighted by Gasteiger charge is -1.99. The Kier molecular flexibility index (Phi) is 3.43. The fourth-order valence-corrected chi connectivity index (χ4v) is 2.48. The van der Waals surface area contributed by atoms with Gasteiger partial charge >= 0.3 is 5.97 Å². The van der Waals surface area contributed by atoms with Crippen molar-refractivity contribution in [1.29, 1.82) is 0 Å². The Morgan fingerprint density at radius 2 is 2.56 bits per heavy atom. The van der Waals surface area contributed by atoms with Gasteiger partial charge in [0.15, 0.2) is 5.13 Å². The molecule has 0 spiro atoms. The van der Waals surface area contributed by atoms with E-state index in [1.165, 1.54) is 20.0 Å². The van der Waals surface area contributed by atoms with Crippen LogP contribution in [0.25, 0.3) is 0 Å². The minimum Gasteiger partial charge on any atom is -0.469 e. The lowest BCUT2D eigenvalue weighted by atomic mass is 10.3. The van der Waals surface area contributed by atoms with Crippen LogP contribution in [0.1, 0.15) is 25.5 Å². The van der Waals surface area contributed by atoms with E-state index in [1.807, 2.05) is 5.38 Å². The summed E-state index contributed by atoms with van der Waals surface area (Å²) in [5.74, 6) is 0.558. The predicted molar refractivity (Wildman–Crippen MR) is 63.6 cm³/mol. The van der Waals surface area contributed by atoms with Gasteiger partial charge in [-0.2, -0.15) is 0 Å². The molecule has 0 amide bonds. The lowest BCUT2D eigenvalue weighted by molar-refractivity contribution is -0.139. The van der Waals surface area contributed by atoms with E-state index in [4.69, 9.17) is 0 Å². The van der Waals surface area contributed by atoms with E-state index < -0.39 is 0 Å². The molecule has 1 aromatic rings. The molecule has 2 atom stereocenters. The van der Waals surface area contributed by atoms with Gasteiger partial charge in [0.1, 0.15) is 0 Å². The van der Waals surface area contributed by atoms with Crippen molar-refractivity contribution in [3.63, 3.8) is 0 Å². The molecule has 1 aliphatic rings. The fraction of sp³-hybridized carbons (Fsp3) is 0.636. The van der Waals surface area contributed by atoms with Crippen LogP contribution in [-0.4, -0.2) is 24.1 Å². The Hall–Kier alpha value is -1.10. The maximum atomic E-state index is 11.0. The summed E-state index contributed by atoms with van der Waals surface area (Å²) in [4.78, 5) is 15.4. The summed E-state index contributed by atoms with van der Waals surface area (Å²) in [6.45, 7) is 2.21. The van der Waals surface area contributed by atoms with Crippen LogP contribution in [0.2, 0.25) is 0 Å². The molecule has 1 fully saturated rings. The Morgan fingerprint density at radius 1 is 1.75 bits per heavy atom.